The summed E-state index contributed by atoms with van der Waals surface area (Å²) in [6.45, 7) is 0. The number of halogens is 4. The molecule has 2 aromatic carbocycles. The maximum absolute atomic E-state index is 12.0. The Bertz CT molecular complexity index is 639. The monoisotopic (exact) mass is 329 g/mol. The van der Waals surface area contributed by atoms with Crippen LogP contribution >= 0.6 is 11.6 Å². The van der Waals surface area contributed by atoms with Gasteiger partial charge in [-0.1, -0.05) is 23.7 Å². The third-order valence-corrected chi connectivity index (χ3v) is 2.90. The van der Waals surface area contributed by atoms with Crippen molar-refractivity contribution in [3.63, 3.8) is 0 Å². The van der Waals surface area contributed by atoms with Crippen molar-refractivity contribution in [2.45, 2.75) is 12.8 Å². The van der Waals surface area contributed by atoms with Gasteiger partial charge in [-0.25, -0.2) is 0 Å². The Morgan fingerprint density at radius 1 is 1.05 bits per heavy atom. The Kier molecular flexibility index (Phi) is 4.92. The van der Waals surface area contributed by atoms with Gasteiger partial charge in [0, 0.05) is 10.7 Å². The number of alkyl halides is 3. The molecule has 0 spiro atoms. The Morgan fingerprint density at radius 3 is 2.18 bits per heavy atom. The van der Waals surface area contributed by atoms with Crippen LogP contribution in [0.5, 0.6) is 5.75 Å². The van der Waals surface area contributed by atoms with E-state index < -0.39 is 6.36 Å². The number of benzene rings is 2. The summed E-state index contributed by atoms with van der Waals surface area (Å²) in [6.07, 6.45) is -4.60. The van der Waals surface area contributed by atoms with Crippen LogP contribution in [0.1, 0.15) is 5.56 Å². The first kappa shape index (κ1) is 16.2. The Morgan fingerprint density at radius 2 is 1.64 bits per heavy atom. The van der Waals surface area contributed by atoms with Gasteiger partial charge in [0.05, 0.1) is 6.42 Å². The number of hydrogen-bond acceptors (Lipinski definition) is 2. The van der Waals surface area contributed by atoms with Crippen molar-refractivity contribution in [2.24, 2.45) is 0 Å². The molecule has 0 heterocycles. The largest absolute Gasteiger partial charge is 0.573 e. The van der Waals surface area contributed by atoms with E-state index in [-0.39, 0.29) is 18.1 Å². The first-order valence-corrected chi connectivity index (χ1v) is 6.60. The zero-order valence-corrected chi connectivity index (χ0v) is 11.9. The van der Waals surface area contributed by atoms with Gasteiger partial charge < -0.3 is 10.1 Å². The van der Waals surface area contributed by atoms with Crippen LogP contribution in [-0.2, 0) is 11.2 Å². The molecule has 0 aromatic heterocycles. The lowest BCUT2D eigenvalue weighted by Gasteiger charge is -2.10. The van der Waals surface area contributed by atoms with E-state index in [0.29, 0.717) is 10.7 Å². The minimum Gasteiger partial charge on any atom is -0.406 e. The second kappa shape index (κ2) is 6.70. The zero-order chi connectivity index (χ0) is 16.2. The smallest absolute Gasteiger partial charge is 0.406 e. The molecule has 1 N–H and O–H groups in total. The number of hydrogen-bond donors (Lipinski definition) is 1. The number of anilines is 1. The van der Waals surface area contributed by atoms with Crippen LogP contribution in [0.15, 0.2) is 48.5 Å². The van der Waals surface area contributed by atoms with Crippen LogP contribution in [0.2, 0.25) is 5.02 Å². The van der Waals surface area contributed by atoms with E-state index in [4.69, 9.17) is 11.6 Å². The number of ether oxygens (including phenoxy) is 1. The Labute approximate surface area is 129 Å². The minimum absolute atomic E-state index is 0.137. The van der Waals surface area contributed by atoms with Crippen LogP contribution < -0.4 is 10.1 Å². The van der Waals surface area contributed by atoms with Gasteiger partial charge in [-0.15, -0.1) is 13.2 Å². The van der Waals surface area contributed by atoms with E-state index in [1.807, 2.05) is 0 Å². The molecule has 1 amide bonds. The van der Waals surface area contributed by atoms with Gasteiger partial charge in [-0.2, -0.15) is 0 Å². The first-order chi connectivity index (χ1) is 10.3. The summed E-state index contributed by atoms with van der Waals surface area (Å²) in [4.78, 5) is 11.8. The highest BCUT2D eigenvalue weighted by atomic mass is 35.5. The van der Waals surface area contributed by atoms with Crippen LogP contribution in [0.25, 0.3) is 0 Å². The highest BCUT2D eigenvalue weighted by Crippen LogP contribution is 2.24. The average molecular weight is 330 g/mol. The topological polar surface area (TPSA) is 38.3 Å². The quantitative estimate of drug-likeness (QED) is 0.901. The number of rotatable bonds is 4. The highest BCUT2D eigenvalue weighted by Gasteiger charge is 2.30. The second-order valence-electron chi connectivity index (χ2n) is 4.42. The van der Waals surface area contributed by atoms with Crippen molar-refractivity contribution < 1.29 is 22.7 Å². The van der Waals surface area contributed by atoms with Crippen LogP contribution in [0.3, 0.4) is 0 Å². The molecule has 22 heavy (non-hydrogen) atoms. The predicted octanol–water partition coefficient (Wildman–Crippen LogP) is 4.42. The van der Waals surface area contributed by atoms with Gasteiger partial charge >= 0.3 is 6.36 Å². The minimum atomic E-state index is -4.74. The first-order valence-electron chi connectivity index (χ1n) is 6.22. The second-order valence-corrected chi connectivity index (χ2v) is 4.86. The predicted molar refractivity (Wildman–Crippen MR) is 76.9 cm³/mol. The molecule has 0 aliphatic rings. The summed E-state index contributed by atoms with van der Waals surface area (Å²) in [7, 11) is 0. The average Bonchev–Trinajstić information content (AvgIpc) is 2.42. The van der Waals surface area contributed by atoms with E-state index >= 15 is 0 Å². The lowest BCUT2D eigenvalue weighted by Crippen LogP contribution is -2.17. The standard InChI is InChI=1S/C15H11ClF3NO2/c16-11-3-1-10(2-4-11)9-14(21)20-12-5-7-13(8-6-12)22-15(17,18)19/h1-8H,9H2,(H,20,21). The maximum atomic E-state index is 12.0. The van der Waals surface area contributed by atoms with Crippen molar-refractivity contribution in [3.05, 3.63) is 59.1 Å². The van der Waals surface area contributed by atoms with Crippen LogP contribution in [-0.4, -0.2) is 12.3 Å². The molecule has 0 atom stereocenters. The molecule has 0 radical (unpaired) electrons. The molecule has 0 bridgehead atoms. The lowest BCUT2D eigenvalue weighted by molar-refractivity contribution is -0.274. The van der Waals surface area contributed by atoms with Crippen molar-refractivity contribution >= 4 is 23.2 Å². The van der Waals surface area contributed by atoms with E-state index in [0.717, 1.165) is 17.7 Å². The van der Waals surface area contributed by atoms with Gasteiger partial charge in [0.2, 0.25) is 5.91 Å². The number of nitrogens with one attached hydrogen (secondary N) is 1. The van der Waals surface area contributed by atoms with Crippen LogP contribution in [0, 0.1) is 0 Å². The van der Waals surface area contributed by atoms with Gasteiger partial charge in [0.25, 0.3) is 0 Å². The molecular formula is C15H11ClF3NO2. The summed E-state index contributed by atoms with van der Waals surface area (Å²) < 4.78 is 39.8. The summed E-state index contributed by atoms with van der Waals surface area (Å²) >= 11 is 5.75. The molecule has 0 saturated heterocycles. The zero-order valence-electron chi connectivity index (χ0n) is 11.2. The molecule has 7 heteroatoms. The third kappa shape index (κ3) is 5.29. The maximum Gasteiger partial charge on any atom is 0.573 e. The van der Waals surface area contributed by atoms with Gasteiger partial charge in [-0.3, -0.25) is 4.79 Å². The molecule has 3 nitrogen and oxygen atoms in total. The fourth-order valence-electron chi connectivity index (χ4n) is 1.73. The molecule has 0 unspecified atom stereocenters. The molecule has 116 valence electrons. The number of carbonyl (C=O) groups excluding carboxylic acids is 1. The molecule has 0 aliphatic carbocycles. The highest BCUT2D eigenvalue weighted by molar-refractivity contribution is 6.30. The van der Waals surface area contributed by atoms with Crippen molar-refractivity contribution in [2.75, 3.05) is 5.32 Å². The summed E-state index contributed by atoms with van der Waals surface area (Å²) in [6, 6.07) is 11.7. The lowest BCUT2D eigenvalue weighted by atomic mass is 10.1. The molecule has 2 aromatic rings. The van der Waals surface area contributed by atoms with Crippen LogP contribution in [0.4, 0.5) is 18.9 Å². The number of carbonyl (C=O) groups is 1. The number of amides is 1. The van der Waals surface area contributed by atoms with E-state index in [1.54, 1.807) is 24.3 Å². The van der Waals surface area contributed by atoms with Crippen molar-refractivity contribution in [1.82, 2.24) is 0 Å². The van der Waals surface area contributed by atoms with E-state index in [1.165, 1.54) is 12.1 Å². The van der Waals surface area contributed by atoms with E-state index in [2.05, 4.69) is 10.1 Å². The molecular weight excluding hydrogens is 319 g/mol. The van der Waals surface area contributed by atoms with E-state index in [9.17, 15) is 18.0 Å². The summed E-state index contributed by atoms with van der Waals surface area (Å²) in [5.41, 5.74) is 1.16. The van der Waals surface area contributed by atoms with Gasteiger partial charge in [0.1, 0.15) is 5.75 Å². The Hall–Kier alpha value is -2.21. The summed E-state index contributed by atoms with van der Waals surface area (Å²) in [5.74, 6) is -0.630. The van der Waals surface area contributed by atoms with Crippen molar-refractivity contribution in [3.8, 4) is 5.75 Å². The fourth-order valence-corrected chi connectivity index (χ4v) is 1.86. The van der Waals surface area contributed by atoms with Crippen molar-refractivity contribution in [1.29, 1.82) is 0 Å². The third-order valence-electron chi connectivity index (χ3n) is 2.65. The fraction of sp³-hybridized carbons (Fsp3) is 0.133. The van der Waals surface area contributed by atoms with Gasteiger partial charge in [-0.05, 0) is 42.0 Å². The molecule has 2 rings (SSSR count). The normalized spacial score (nSPS) is 11.1. The Balaban J connectivity index is 1.93. The van der Waals surface area contributed by atoms with Gasteiger partial charge in [0.15, 0.2) is 0 Å². The summed E-state index contributed by atoms with van der Waals surface area (Å²) in [5, 5.41) is 3.16. The SMILES string of the molecule is O=C(Cc1ccc(Cl)cc1)Nc1ccc(OC(F)(F)F)cc1. The molecule has 0 aliphatic heterocycles. The molecule has 0 saturated carbocycles. The molecule has 0 fully saturated rings.